The largest absolute Gasteiger partial charge is 0.496 e. The molecule has 25 heavy (non-hydrogen) atoms. The zero-order chi connectivity index (χ0) is 18.4. The van der Waals surface area contributed by atoms with Crippen LogP contribution in [0.2, 0.25) is 0 Å². The summed E-state index contributed by atoms with van der Waals surface area (Å²) in [5, 5.41) is 2.65. The molecule has 0 aliphatic heterocycles. The van der Waals surface area contributed by atoms with Gasteiger partial charge in [-0.1, -0.05) is 33.6 Å². The number of amides is 2. The zero-order valence-corrected chi connectivity index (χ0v) is 16.1. The molecule has 0 heterocycles. The highest BCUT2D eigenvalue weighted by molar-refractivity contribution is 9.10. The van der Waals surface area contributed by atoms with E-state index < -0.39 is 0 Å². The topological polar surface area (TPSA) is 58.6 Å². The van der Waals surface area contributed by atoms with E-state index in [4.69, 9.17) is 4.74 Å². The smallest absolute Gasteiger partial charge is 0.251 e. The van der Waals surface area contributed by atoms with E-state index >= 15 is 0 Å². The molecule has 2 rings (SSSR count). The second-order valence-corrected chi connectivity index (χ2v) is 6.67. The summed E-state index contributed by atoms with van der Waals surface area (Å²) >= 11 is 3.32. The predicted molar refractivity (Wildman–Crippen MR) is 101 cm³/mol. The number of rotatable bonds is 6. The molecule has 132 valence electrons. The van der Waals surface area contributed by atoms with Crippen molar-refractivity contribution in [2.24, 2.45) is 0 Å². The highest BCUT2D eigenvalue weighted by Crippen LogP contribution is 2.21. The van der Waals surface area contributed by atoms with E-state index in [1.807, 2.05) is 25.1 Å². The van der Waals surface area contributed by atoms with Crippen LogP contribution in [0.5, 0.6) is 5.75 Å². The highest BCUT2D eigenvalue weighted by atomic mass is 79.9. The van der Waals surface area contributed by atoms with Gasteiger partial charge < -0.3 is 15.0 Å². The maximum absolute atomic E-state index is 12.3. The standard InChI is InChI=1S/C19H21BrN2O3/c1-13-4-9-17(25-3)15(10-13)12-22(2)18(23)11-21-19(24)14-5-7-16(20)8-6-14/h4-10H,11-12H2,1-3H3,(H,21,24). The summed E-state index contributed by atoms with van der Waals surface area (Å²) in [4.78, 5) is 25.9. The minimum atomic E-state index is -0.276. The number of nitrogens with one attached hydrogen (secondary N) is 1. The van der Waals surface area contributed by atoms with Crippen LogP contribution in [0.1, 0.15) is 21.5 Å². The Labute approximate surface area is 156 Å². The number of halogens is 1. The quantitative estimate of drug-likeness (QED) is 0.804. The Morgan fingerprint density at radius 2 is 1.84 bits per heavy atom. The third-order valence-electron chi connectivity index (χ3n) is 3.78. The lowest BCUT2D eigenvalue weighted by Crippen LogP contribution is -2.37. The van der Waals surface area contributed by atoms with E-state index in [-0.39, 0.29) is 18.4 Å². The van der Waals surface area contributed by atoms with Crippen LogP contribution >= 0.6 is 15.9 Å². The Hall–Kier alpha value is -2.34. The third kappa shape index (κ3) is 5.32. The normalized spacial score (nSPS) is 10.2. The van der Waals surface area contributed by atoms with Crippen LogP contribution in [0, 0.1) is 6.92 Å². The van der Waals surface area contributed by atoms with Crippen molar-refractivity contribution >= 4 is 27.7 Å². The van der Waals surface area contributed by atoms with Gasteiger partial charge in [0.25, 0.3) is 5.91 Å². The second-order valence-electron chi connectivity index (χ2n) is 5.75. The Morgan fingerprint density at radius 1 is 1.16 bits per heavy atom. The molecule has 0 radical (unpaired) electrons. The lowest BCUT2D eigenvalue weighted by molar-refractivity contribution is -0.129. The first-order valence-electron chi connectivity index (χ1n) is 7.82. The number of hydrogen-bond donors (Lipinski definition) is 1. The molecule has 0 saturated heterocycles. The number of hydrogen-bond acceptors (Lipinski definition) is 3. The number of carbonyl (C=O) groups is 2. The van der Waals surface area contributed by atoms with Gasteiger partial charge in [-0.3, -0.25) is 9.59 Å². The van der Waals surface area contributed by atoms with Gasteiger partial charge in [0, 0.05) is 29.2 Å². The van der Waals surface area contributed by atoms with Crippen LogP contribution in [0.15, 0.2) is 46.9 Å². The summed E-state index contributed by atoms with van der Waals surface area (Å²) in [7, 11) is 3.31. The number of likely N-dealkylation sites (N-methyl/N-ethyl adjacent to an activating group) is 1. The van der Waals surface area contributed by atoms with E-state index in [1.54, 1.807) is 43.3 Å². The number of aryl methyl sites for hydroxylation is 1. The molecular formula is C19H21BrN2O3. The minimum Gasteiger partial charge on any atom is -0.496 e. The van der Waals surface area contributed by atoms with Crippen molar-refractivity contribution in [3.05, 3.63) is 63.6 Å². The van der Waals surface area contributed by atoms with Crippen LogP contribution in [0.4, 0.5) is 0 Å². The predicted octanol–water partition coefficient (Wildman–Crippen LogP) is 3.15. The van der Waals surface area contributed by atoms with Crippen molar-refractivity contribution in [1.82, 2.24) is 10.2 Å². The zero-order valence-electron chi connectivity index (χ0n) is 14.5. The number of methoxy groups -OCH3 is 1. The van der Waals surface area contributed by atoms with E-state index in [2.05, 4.69) is 21.2 Å². The van der Waals surface area contributed by atoms with Gasteiger partial charge in [0.2, 0.25) is 5.91 Å². The Morgan fingerprint density at radius 3 is 2.48 bits per heavy atom. The van der Waals surface area contributed by atoms with Gasteiger partial charge in [-0.2, -0.15) is 0 Å². The highest BCUT2D eigenvalue weighted by Gasteiger charge is 2.14. The van der Waals surface area contributed by atoms with E-state index in [0.29, 0.717) is 12.1 Å². The maximum atomic E-state index is 12.3. The summed E-state index contributed by atoms with van der Waals surface area (Å²) in [6.45, 7) is 2.35. The molecule has 0 aliphatic rings. The minimum absolute atomic E-state index is 0.0560. The van der Waals surface area contributed by atoms with Gasteiger partial charge in [-0.05, 0) is 37.3 Å². The monoisotopic (exact) mass is 404 g/mol. The first-order chi connectivity index (χ1) is 11.9. The summed E-state index contributed by atoms with van der Waals surface area (Å²) in [5.74, 6) is 0.292. The van der Waals surface area contributed by atoms with Gasteiger partial charge in [-0.25, -0.2) is 0 Å². The van der Waals surface area contributed by atoms with E-state index in [9.17, 15) is 9.59 Å². The van der Waals surface area contributed by atoms with Crippen LogP contribution in [0.3, 0.4) is 0 Å². The number of nitrogens with zero attached hydrogens (tertiary/aromatic N) is 1. The Bertz CT molecular complexity index is 760. The summed E-state index contributed by atoms with van der Waals surface area (Å²) < 4.78 is 6.23. The average Bonchev–Trinajstić information content (AvgIpc) is 2.60. The maximum Gasteiger partial charge on any atom is 0.251 e. The van der Waals surface area contributed by atoms with Gasteiger partial charge in [0.15, 0.2) is 0 Å². The summed E-state index contributed by atoms with van der Waals surface area (Å²) in [6.07, 6.45) is 0. The average molecular weight is 405 g/mol. The van der Waals surface area contributed by atoms with Crippen molar-refractivity contribution in [3.8, 4) is 5.75 Å². The molecule has 1 N–H and O–H groups in total. The Kier molecular flexibility index (Phi) is 6.58. The van der Waals surface area contributed by atoms with Crippen LogP contribution in [-0.4, -0.2) is 37.4 Å². The van der Waals surface area contributed by atoms with Crippen molar-refractivity contribution < 1.29 is 14.3 Å². The number of carbonyl (C=O) groups excluding carboxylic acids is 2. The summed E-state index contributed by atoms with van der Waals surface area (Å²) in [5.41, 5.74) is 2.54. The van der Waals surface area contributed by atoms with Crippen molar-refractivity contribution in [1.29, 1.82) is 0 Å². The molecule has 6 heteroatoms. The molecule has 0 atom stereocenters. The summed E-state index contributed by atoms with van der Waals surface area (Å²) in [6, 6.07) is 12.8. The van der Waals surface area contributed by atoms with Crippen molar-refractivity contribution in [2.75, 3.05) is 20.7 Å². The number of benzene rings is 2. The van der Waals surface area contributed by atoms with Crippen LogP contribution < -0.4 is 10.1 Å². The van der Waals surface area contributed by atoms with Crippen LogP contribution in [-0.2, 0) is 11.3 Å². The van der Waals surface area contributed by atoms with E-state index in [1.165, 1.54) is 0 Å². The lowest BCUT2D eigenvalue weighted by atomic mass is 10.1. The molecule has 5 nitrogen and oxygen atoms in total. The van der Waals surface area contributed by atoms with Gasteiger partial charge >= 0.3 is 0 Å². The fraction of sp³-hybridized carbons (Fsp3) is 0.263. The molecule has 0 aliphatic carbocycles. The molecule has 2 amide bonds. The van der Waals surface area contributed by atoms with Gasteiger partial charge in [-0.15, -0.1) is 0 Å². The number of ether oxygens (including phenoxy) is 1. The lowest BCUT2D eigenvalue weighted by Gasteiger charge is -2.19. The molecule has 0 aromatic heterocycles. The second kappa shape index (κ2) is 8.67. The third-order valence-corrected chi connectivity index (χ3v) is 4.30. The van der Waals surface area contributed by atoms with Gasteiger partial charge in [0.1, 0.15) is 5.75 Å². The van der Waals surface area contributed by atoms with E-state index in [0.717, 1.165) is 21.3 Å². The molecule has 0 saturated carbocycles. The van der Waals surface area contributed by atoms with Crippen molar-refractivity contribution in [3.63, 3.8) is 0 Å². The fourth-order valence-electron chi connectivity index (χ4n) is 2.37. The fourth-order valence-corrected chi connectivity index (χ4v) is 2.63. The first kappa shape index (κ1) is 19.0. The van der Waals surface area contributed by atoms with Crippen molar-refractivity contribution in [2.45, 2.75) is 13.5 Å². The molecule has 2 aromatic rings. The molecule has 2 aromatic carbocycles. The van der Waals surface area contributed by atoms with Crippen LogP contribution in [0.25, 0.3) is 0 Å². The van der Waals surface area contributed by atoms with Gasteiger partial charge in [0.05, 0.1) is 13.7 Å². The molecule has 0 unspecified atom stereocenters. The first-order valence-corrected chi connectivity index (χ1v) is 8.61. The molecular weight excluding hydrogens is 384 g/mol. The SMILES string of the molecule is COc1ccc(C)cc1CN(C)C(=O)CNC(=O)c1ccc(Br)cc1. The Balaban J connectivity index is 1.93. The molecule has 0 fully saturated rings. The molecule has 0 bridgehead atoms. The molecule has 0 spiro atoms.